The van der Waals surface area contributed by atoms with Gasteiger partial charge < -0.3 is 5.32 Å². The van der Waals surface area contributed by atoms with Crippen LogP contribution in [0.2, 0.25) is 0 Å². The number of halogens is 2. The van der Waals surface area contributed by atoms with Crippen molar-refractivity contribution < 1.29 is 18.5 Å². The Morgan fingerprint density at radius 1 is 1.12 bits per heavy atom. The van der Waals surface area contributed by atoms with Crippen LogP contribution in [0.15, 0.2) is 42.7 Å². The normalized spacial score (nSPS) is 10.6. The van der Waals surface area contributed by atoms with Gasteiger partial charge in [-0.3, -0.25) is 24.9 Å². The molecule has 3 aromatic rings. The molecule has 0 aliphatic heterocycles. The third kappa shape index (κ3) is 2.74. The van der Waals surface area contributed by atoms with Crippen LogP contribution >= 0.6 is 0 Å². The molecule has 0 aliphatic carbocycles. The van der Waals surface area contributed by atoms with Gasteiger partial charge in [0.2, 0.25) is 5.82 Å². The first-order valence-electron chi connectivity index (χ1n) is 6.62. The van der Waals surface area contributed by atoms with E-state index >= 15 is 0 Å². The molecule has 0 radical (unpaired) electrons. The van der Waals surface area contributed by atoms with Gasteiger partial charge in [0.25, 0.3) is 5.91 Å². The average molecular weight is 330 g/mol. The van der Waals surface area contributed by atoms with Gasteiger partial charge in [-0.25, -0.2) is 4.39 Å². The average Bonchev–Trinajstić information content (AvgIpc) is 2.56. The van der Waals surface area contributed by atoms with Crippen molar-refractivity contribution in [3.8, 4) is 0 Å². The van der Waals surface area contributed by atoms with E-state index in [0.29, 0.717) is 23.2 Å². The summed E-state index contributed by atoms with van der Waals surface area (Å²) in [5.41, 5.74) is -0.565. The van der Waals surface area contributed by atoms with Crippen LogP contribution in [0.25, 0.3) is 11.0 Å². The fraction of sp³-hybridized carbons (Fsp3) is 0. The lowest BCUT2D eigenvalue weighted by Crippen LogP contribution is -2.15. The molecule has 3 rings (SSSR count). The van der Waals surface area contributed by atoms with Gasteiger partial charge in [0.15, 0.2) is 0 Å². The topological polar surface area (TPSA) is 98.0 Å². The van der Waals surface area contributed by atoms with E-state index in [1.165, 1.54) is 18.5 Å². The number of hydrogen-bond donors (Lipinski definition) is 1. The second kappa shape index (κ2) is 5.95. The second-order valence-electron chi connectivity index (χ2n) is 4.72. The highest BCUT2D eigenvalue weighted by molar-refractivity contribution is 6.08. The molecule has 1 amide bonds. The lowest BCUT2D eigenvalue weighted by molar-refractivity contribution is -0.387. The van der Waals surface area contributed by atoms with Crippen LogP contribution in [0.3, 0.4) is 0 Å². The van der Waals surface area contributed by atoms with E-state index in [0.717, 1.165) is 0 Å². The monoisotopic (exact) mass is 330 g/mol. The van der Waals surface area contributed by atoms with Crippen molar-refractivity contribution in [1.82, 2.24) is 9.97 Å². The Hall–Kier alpha value is -3.49. The van der Waals surface area contributed by atoms with Crippen LogP contribution in [0.4, 0.5) is 20.2 Å². The van der Waals surface area contributed by atoms with E-state index in [2.05, 4.69) is 15.3 Å². The van der Waals surface area contributed by atoms with Gasteiger partial charge in [-0.1, -0.05) is 0 Å². The molecule has 120 valence electrons. The Kier molecular flexibility index (Phi) is 3.82. The molecule has 2 aromatic heterocycles. The second-order valence-corrected chi connectivity index (χ2v) is 4.72. The Morgan fingerprint density at radius 3 is 2.67 bits per heavy atom. The molecule has 1 aromatic carbocycles. The molecular formula is C15H8F2N4O3. The van der Waals surface area contributed by atoms with Crippen LogP contribution in [0.1, 0.15) is 10.4 Å². The van der Waals surface area contributed by atoms with Crippen molar-refractivity contribution in [2.75, 3.05) is 5.32 Å². The van der Waals surface area contributed by atoms with Crippen LogP contribution in [0.5, 0.6) is 0 Å². The molecule has 9 heteroatoms. The zero-order chi connectivity index (χ0) is 17.3. The Bertz CT molecular complexity index is 973. The molecule has 0 spiro atoms. The minimum absolute atomic E-state index is 0.253. The first-order valence-corrected chi connectivity index (χ1v) is 6.62. The van der Waals surface area contributed by atoms with E-state index in [-0.39, 0.29) is 5.69 Å². The molecule has 24 heavy (non-hydrogen) atoms. The zero-order valence-electron chi connectivity index (χ0n) is 11.9. The fourth-order valence-electron chi connectivity index (χ4n) is 2.12. The number of nitrogens with zero attached hydrogens (tertiary/aromatic N) is 3. The Morgan fingerprint density at radius 2 is 1.92 bits per heavy atom. The van der Waals surface area contributed by atoms with E-state index < -0.39 is 33.7 Å². The maximum absolute atomic E-state index is 13.9. The lowest BCUT2D eigenvalue weighted by atomic mass is 10.1. The van der Waals surface area contributed by atoms with Crippen LogP contribution in [-0.2, 0) is 0 Å². The molecule has 0 atom stereocenters. The van der Waals surface area contributed by atoms with Gasteiger partial charge in [0.05, 0.1) is 27.8 Å². The third-order valence-electron chi connectivity index (χ3n) is 3.22. The van der Waals surface area contributed by atoms with Crippen molar-refractivity contribution in [2.45, 2.75) is 0 Å². The highest BCUT2D eigenvalue weighted by Gasteiger charge is 2.22. The number of carbonyl (C=O) groups is 1. The molecule has 1 N–H and O–H groups in total. The van der Waals surface area contributed by atoms with Crippen molar-refractivity contribution in [1.29, 1.82) is 0 Å². The first kappa shape index (κ1) is 15.4. The molecular weight excluding hydrogens is 322 g/mol. The van der Waals surface area contributed by atoms with E-state index in [4.69, 9.17) is 0 Å². The summed E-state index contributed by atoms with van der Waals surface area (Å²) < 4.78 is 27.5. The van der Waals surface area contributed by atoms with Crippen LogP contribution in [0, 0.1) is 21.7 Å². The highest BCUT2D eigenvalue weighted by Crippen LogP contribution is 2.24. The van der Waals surface area contributed by atoms with Gasteiger partial charge in [0.1, 0.15) is 11.3 Å². The Labute approximate surface area is 133 Å². The predicted molar refractivity (Wildman–Crippen MR) is 80.5 cm³/mol. The van der Waals surface area contributed by atoms with Crippen LogP contribution in [-0.4, -0.2) is 20.8 Å². The largest absolute Gasteiger partial charge is 0.320 e. The quantitative estimate of drug-likeness (QED) is 0.588. The summed E-state index contributed by atoms with van der Waals surface area (Å²) in [5, 5.41) is 13.0. The molecule has 7 nitrogen and oxygen atoms in total. The maximum Gasteiger partial charge on any atom is 0.307 e. The molecule has 0 saturated carbocycles. The number of benzene rings is 1. The SMILES string of the molecule is O=C(Nc1ccnc2cccnc12)c1cc(F)c([N+](=O)[O-])cc1F. The van der Waals surface area contributed by atoms with Crippen molar-refractivity contribution in [2.24, 2.45) is 0 Å². The molecule has 0 bridgehead atoms. The summed E-state index contributed by atoms with van der Waals surface area (Å²) >= 11 is 0. The first-order chi connectivity index (χ1) is 11.5. The minimum atomic E-state index is -1.30. The lowest BCUT2D eigenvalue weighted by Gasteiger charge is -2.08. The van der Waals surface area contributed by atoms with E-state index in [1.807, 2.05) is 0 Å². The fourth-order valence-corrected chi connectivity index (χ4v) is 2.12. The van der Waals surface area contributed by atoms with E-state index in [9.17, 15) is 23.7 Å². The number of pyridine rings is 2. The summed E-state index contributed by atoms with van der Waals surface area (Å²) in [4.78, 5) is 29.8. The molecule has 2 heterocycles. The summed E-state index contributed by atoms with van der Waals surface area (Å²) in [6, 6.07) is 5.63. The predicted octanol–water partition coefficient (Wildman–Crippen LogP) is 3.07. The molecule has 0 aliphatic rings. The van der Waals surface area contributed by atoms with Crippen molar-refractivity contribution >= 4 is 28.3 Å². The standard InChI is InChI=1S/C15H8F2N4O3/c16-9-7-13(21(23)24)10(17)6-8(9)15(22)20-12-3-5-18-11-2-1-4-19-14(11)12/h1-7H,(H,18,20,22). The molecule has 0 fully saturated rings. The summed E-state index contributed by atoms with van der Waals surface area (Å²) in [6.07, 6.45) is 2.91. The number of anilines is 1. The number of carbonyl (C=O) groups excluding carboxylic acids is 1. The number of nitro benzene ring substituents is 1. The van der Waals surface area contributed by atoms with Crippen LogP contribution < -0.4 is 5.32 Å². The maximum atomic E-state index is 13.9. The van der Waals surface area contributed by atoms with Gasteiger partial charge >= 0.3 is 5.69 Å². The third-order valence-corrected chi connectivity index (χ3v) is 3.22. The number of nitro groups is 1. The molecule has 0 saturated heterocycles. The smallest absolute Gasteiger partial charge is 0.307 e. The number of aromatic nitrogens is 2. The highest BCUT2D eigenvalue weighted by atomic mass is 19.1. The number of amides is 1. The number of nitrogens with one attached hydrogen (secondary N) is 1. The van der Waals surface area contributed by atoms with Crippen molar-refractivity contribution in [3.63, 3.8) is 0 Å². The van der Waals surface area contributed by atoms with Gasteiger partial charge in [-0.2, -0.15) is 4.39 Å². The van der Waals surface area contributed by atoms with Gasteiger partial charge in [-0.05, 0) is 24.3 Å². The number of hydrogen-bond acceptors (Lipinski definition) is 5. The minimum Gasteiger partial charge on any atom is -0.320 e. The summed E-state index contributed by atoms with van der Waals surface area (Å²) in [7, 11) is 0. The Balaban J connectivity index is 1.98. The summed E-state index contributed by atoms with van der Waals surface area (Å²) in [6.45, 7) is 0. The zero-order valence-corrected chi connectivity index (χ0v) is 11.9. The van der Waals surface area contributed by atoms with Crippen molar-refractivity contribution in [3.05, 3.63) is 70.0 Å². The van der Waals surface area contributed by atoms with E-state index in [1.54, 1.807) is 12.1 Å². The number of fused-ring (bicyclic) bond motifs is 1. The molecule has 0 unspecified atom stereocenters. The summed E-state index contributed by atoms with van der Waals surface area (Å²) in [5.74, 6) is -3.46. The number of rotatable bonds is 3. The van der Waals surface area contributed by atoms with Gasteiger partial charge in [0, 0.05) is 12.4 Å². The van der Waals surface area contributed by atoms with Gasteiger partial charge in [-0.15, -0.1) is 0 Å².